The minimum atomic E-state index is -1.25. The van der Waals surface area contributed by atoms with E-state index >= 15 is 0 Å². The van der Waals surface area contributed by atoms with E-state index in [9.17, 15) is 10.2 Å². The molecule has 0 aliphatic carbocycles. The Morgan fingerprint density at radius 2 is 2.10 bits per heavy atom. The van der Waals surface area contributed by atoms with Gasteiger partial charge in [-0.1, -0.05) is 11.6 Å². The van der Waals surface area contributed by atoms with Crippen LogP contribution in [0.4, 0.5) is 0 Å². The Balaban J connectivity index is 1.91. The number of aliphatic hydroxyl groups is 3. The molecule has 1 unspecified atom stereocenters. The number of aromatic amines is 1. The predicted molar refractivity (Wildman–Crippen MR) is 79.4 cm³/mol. The van der Waals surface area contributed by atoms with Crippen molar-refractivity contribution >= 4 is 38.4 Å². The molecular formula is C13H13BrClNO5. The van der Waals surface area contributed by atoms with Crippen LogP contribution in [-0.4, -0.2) is 51.5 Å². The number of nitrogens with one attached hydrogen (secondary N) is 1. The van der Waals surface area contributed by atoms with Crippen LogP contribution in [0.1, 0.15) is 0 Å². The highest BCUT2D eigenvalue weighted by Gasteiger charge is 2.44. The maximum absolute atomic E-state index is 9.89. The minimum absolute atomic E-state index is 0.395. The molecule has 0 spiro atoms. The number of halogens is 2. The molecule has 0 saturated carbocycles. The molecule has 4 atom stereocenters. The van der Waals surface area contributed by atoms with Crippen LogP contribution in [0, 0.1) is 0 Å². The van der Waals surface area contributed by atoms with Gasteiger partial charge in [-0.2, -0.15) is 0 Å². The summed E-state index contributed by atoms with van der Waals surface area (Å²) in [5, 5.41) is 29.8. The molecule has 1 aliphatic rings. The van der Waals surface area contributed by atoms with Crippen molar-refractivity contribution in [2.75, 3.05) is 6.61 Å². The number of benzene rings is 1. The van der Waals surface area contributed by atoms with Crippen LogP contribution < -0.4 is 4.74 Å². The van der Waals surface area contributed by atoms with Gasteiger partial charge in [0.1, 0.15) is 24.1 Å². The number of aromatic nitrogens is 1. The van der Waals surface area contributed by atoms with Crippen molar-refractivity contribution in [1.82, 2.24) is 4.98 Å². The fourth-order valence-electron chi connectivity index (χ4n) is 2.31. The third kappa shape index (κ3) is 2.54. The summed E-state index contributed by atoms with van der Waals surface area (Å²) in [6.07, 6.45) is -2.81. The molecule has 3 rings (SSSR count). The minimum Gasteiger partial charge on any atom is -0.460 e. The average Bonchev–Trinajstić information content (AvgIpc) is 3.00. The highest BCUT2D eigenvalue weighted by molar-refractivity contribution is 9.10. The zero-order valence-corrected chi connectivity index (χ0v) is 13.0. The lowest BCUT2D eigenvalue weighted by Gasteiger charge is -2.16. The van der Waals surface area contributed by atoms with Gasteiger partial charge in [0.15, 0.2) is 0 Å². The van der Waals surface area contributed by atoms with Gasteiger partial charge in [-0.25, -0.2) is 0 Å². The Morgan fingerprint density at radius 1 is 1.33 bits per heavy atom. The van der Waals surface area contributed by atoms with Gasteiger partial charge in [0.05, 0.1) is 22.5 Å². The van der Waals surface area contributed by atoms with Crippen molar-refractivity contribution in [3.8, 4) is 5.75 Å². The van der Waals surface area contributed by atoms with E-state index in [2.05, 4.69) is 20.9 Å². The lowest BCUT2D eigenvalue weighted by molar-refractivity contribution is -0.115. The maximum Gasteiger partial charge on any atom is 0.229 e. The SMILES string of the molecule is OC[C@H]1OC(Oc2c[nH]c3ccc(Br)c(Cl)c23)[C@H](O)[C@H]1O. The Morgan fingerprint density at radius 3 is 2.76 bits per heavy atom. The van der Waals surface area contributed by atoms with Crippen LogP contribution in [0.5, 0.6) is 5.75 Å². The van der Waals surface area contributed by atoms with Crippen LogP contribution in [-0.2, 0) is 4.74 Å². The van der Waals surface area contributed by atoms with Crippen molar-refractivity contribution < 1.29 is 24.8 Å². The Kier molecular flexibility index (Phi) is 4.13. The normalized spacial score (nSPS) is 29.2. The first-order valence-corrected chi connectivity index (χ1v) is 7.44. The van der Waals surface area contributed by atoms with Crippen LogP contribution in [0.25, 0.3) is 10.9 Å². The summed E-state index contributed by atoms with van der Waals surface area (Å²) in [5.41, 5.74) is 0.768. The molecule has 1 aromatic heterocycles. The van der Waals surface area contributed by atoms with Crippen LogP contribution in [0.3, 0.4) is 0 Å². The molecule has 4 N–H and O–H groups in total. The third-order valence-corrected chi connectivity index (χ3v) is 4.72. The molecule has 8 heteroatoms. The molecule has 6 nitrogen and oxygen atoms in total. The number of aliphatic hydroxyl groups excluding tert-OH is 3. The second-order valence-electron chi connectivity index (χ2n) is 4.76. The summed E-state index contributed by atoms with van der Waals surface area (Å²) in [5.74, 6) is 0.395. The van der Waals surface area contributed by atoms with Crippen LogP contribution in [0.15, 0.2) is 22.8 Å². The van der Waals surface area contributed by atoms with E-state index in [0.717, 1.165) is 5.52 Å². The smallest absolute Gasteiger partial charge is 0.229 e. The van der Waals surface area contributed by atoms with Gasteiger partial charge in [0.25, 0.3) is 0 Å². The first-order valence-electron chi connectivity index (χ1n) is 6.27. The Hall–Kier alpha value is -0.830. The van der Waals surface area contributed by atoms with Crippen LogP contribution >= 0.6 is 27.5 Å². The highest BCUT2D eigenvalue weighted by Crippen LogP contribution is 2.38. The van der Waals surface area contributed by atoms with Gasteiger partial charge in [-0.3, -0.25) is 0 Å². The molecule has 2 heterocycles. The second-order valence-corrected chi connectivity index (χ2v) is 5.99. The first-order chi connectivity index (χ1) is 10.0. The lowest BCUT2D eigenvalue weighted by Crippen LogP contribution is -2.35. The number of hydrogen-bond acceptors (Lipinski definition) is 5. The Bertz CT molecular complexity index is 663. The molecule has 0 radical (unpaired) electrons. The average molecular weight is 379 g/mol. The zero-order valence-electron chi connectivity index (χ0n) is 10.7. The van der Waals surface area contributed by atoms with Crippen molar-refractivity contribution in [2.45, 2.75) is 24.6 Å². The molecule has 2 aromatic rings. The van der Waals surface area contributed by atoms with E-state index in [0.29, 0.717) is 20.6 Å². The van der Waals surface area contributed by atoms with E-state index in [-0.39, 0.29) is 0 Å². The summed E-state index contributed by atoms with van der Waals surface area (Å²) >= 11 is 9.57. The van der Waals surface area contributed by atoms with E-state index in [1.165, 1.54) is 0 Å². The quantitative estimate of drug-likeness (QED) is 0.648. The van der Waals surface area contributed by atoms with Crippen LogP contribution in [0.2, 0.25) is 5.02 Å². The number of fused-ring (bicyclic) bond motifs is 1. The van der Waals surface area contributed by atoms with Crippen molar-refractivity contribution in [1.29, 1.82) is 0 Å². The molecule has 1 aliphatic heterocycles. The topological polar surface area (TPSA) is 94.9 Å². The number of H-pyrrole nitrogens is 1. The molecule has 1 aromatic carbocycles. The largest absolute Gasteiger partial charge is 0.460 e. The standard InChI is InChI=1S/C13H13BrClNO5/c14-5-1-2-6-9(10(5)15)7(3-16-6)20-13-12(19)11(18)8(4-17)21-13/h1-3,8,11-13,16-19H,4H2/t8-,11+,12-,13?/m1/s1. The molecule has 0 amide bonds. The molecule has 1 saturated heterocycles. The molecule has 21 heavy (non-hydrogen) atoms. The third-order valence-electron chi connectivity index (χ3n) is 3.44. The van der Waals surface area contributed by atoms with Gasteiger partial charge in [-0.15, -0.1) is 0 Å². The van der Waals surface area contributed by atoms with E-state index in [4.69, 9.17) is 26.2 Å². The predicted octanol–water partition coefficient (Wildman–Crippen LogP) is 1.40. The zero-order chi connectivity index (χ0) is 15.1. The van der Waals surface area contributed by atoms with E-state index in [1.807, 2.05) is 6.07 Å². The van der Waals surface area contributed by atoms with E-state index < -0.39 is 31.2 Å². The van der Waals surface area contributed by atoms with E-state index in [1.54, 1.807) is 12.3 Å². The maximum atomic E-state index is 9.89. The fourth-order valence-corrected chi connectivity index (χ4v) is 2.90. The number of ether oxygens (including phenoxy) is 2. The summed E-state index contributed by atoms with van der Waals surface area (Å²) in [7, 11) is 0. The number of rotatable bonds is 3. The monoisotopic (exact) mass is 377 g/mol. The van der Waals surface area contributed by atoms with Gasteiger partial charge in [-0.05, 0) is 28.1 Å². The number of hydrogen-bond donors (Lipinski definition) is 4. The van der Waals surface area contributed by atoms with Gasteiger partial charge in [0, 0.05) is 10.7 Å². The Labute approximate surface area is 133 Å². The summed E-state index contributed by atoms with van der Waals surface area (Å²) in [6.45, 7) is -0.404. The molecule has 114 valence electrons. The van der Waals surface area contributed by atoms with Gasteiger partial charge < -0.3 is 29.8 Å². The highest BCUT2D eigenvalue weighted by atomic mass is 79.9. The second kappa shape index (κ2) is 5.75. The molecule has 1 fully saturated rings. The van der Waals surface area contributed by atoms with Gasteiger partial charge in [0.2, 0.25) is 6.29 Å². The summed E-state index contributed by atoms with van der Waals surface area (Å²) in [4.78, 5) is 3.00. The van der Waals surface area contributed by atoms with Crippen molar-refractivity contribution in [3.63, 3.8) is 0 Å². The first kappa shape index (κ1) is 15.1. The summed E-state index contributed by atoms with van der Waals surface area (Å²) in [6, 6.07) is 3.63. The van der Waals surface area contributed by atoms with Crippen molar-refractivity contribution in [3.05, 3.63) is 27.8 Å². The van der Waals surface area contributed by atoms with Crippen molar-refractivity contribution in [2.24, 2.45) is 0 Å². The molecular weight excluding hydrogens is 366 g/mol. The van der Waals surface area contributed by atoms with Gasteiger partial charge >= 0.3 is 0 Å². The molecule has 0 bridgehead atoms. The lowest BCUT2D eigenvalue weighted by atomic mass is 10.1. The fraction of sp³-hybridized carbons (Fsp3) is 0.385. The summed E-state index contributed by atoms with van der Waals surface area (Å²) < 4.78 is 11.6.